The zero-order valence-corrected chi connectivity index (χ0v) is 28.6. The third-order valence-corrected chi connectivity index (χ3v) is 12.3. The van der Waals surface area contributed by atoms with Crippen LogP contribution < -0.4 is 0 Å². The molecule has 1 fully saturated rings. The van der Waals surface area contributed by atoms with Crippen LogP contribution in [-0.4, -0.2) is 58.0 Å². The minimum absolute atomic E-state index is 0.110. The summed E-state index contributed by atoms with van der Waals surface area (Å²) in [5, 5.41) is 0. The molecule has 0 bridgehead atoms. The SMILES string of the molecule is CCCCCCCCC1CN(C(c2ccccc2)(c2ccccc2)c2ccccc2)CCN1S(=O)(=O)c1ccc(S(C)(=O)=O)cc1. The van der Waals surface area contributed by atoms with E-state index in [9.17, 15) is 16.8 Å². The predicted octanol–water partition coefficient (Wildman–Crippen LogP) is 7.51. The van der Waals surface area contributed by atoms with Crippen LogP contribution >= 0.6 is 0 Å². The molecule has 5 rings (SSSR count). The number of sulfone groups is 1. The molecule has 1 aliphatic heterocycles. The van der Waals surface area contributed by atoms with Crippen molar-refractivity contribution >= 4 is 19.9 Å². The van der Waals surface area contributed by atoms with E-state index in [-0.39, 0.29) is 15.8 Å². The summed E-state index contributed by atoms with van der Waals surface area (Å²) in [4.78, 5) is 2.72. The van der Waals surface area contributed by atoms with Gasteiger partial charge in [-0.15, -0.1) is 0 Å². The van der Waals surface area contributed by atoms with Crippen LogP contribution in [0.1, 0.15) is 68.6 Å². The van der Waals surface area contributed by atoms with Gasteiger partial charge in [0.05, 0.1) is 15.3 Å². The molecular formula is C38H46N2O4S2. The first-order valence-electron chi connectivity index (χ1n) is 16.4. The van der Waals surface area contributed by atoms with Crippen molar-refractivity contribution in [2.75, 3.05) is 25.9 Å². The lowest BCUT2D eigenvalue weighted by molar-refractivity contribution is 0.0664. The summed E-state index contributed by atoms with van der Waals surface area (Å²) >= 11 is 0. The van der Waals surface area contributed by atoms with E-state index in [1.807, 2.05) is 18.2 Å². The van der Waals surface area contributed by atoms with Gasteiger partial charge in [-0.25, -0.2) is 16.8 Å². The number of sulfonamides is 1. The first kappa shape index (κ1) is 34.0. The number of hydrogen-bond donors (Lipinski definition) is 0. The Kier molecular flexibility index (Phi) is 11.2. The molecule has 1 unspecified atom stereocenters. The van der Waals surface area contributed by atoms with Gasteiger partial charge < -0.3 is 0 Å². The maximum Gasteiger partial charge on any atom is 0.243 e. The number of benzene rings is 4. The Bertz CT molecular complexity index is 1650. The van der Waals surface area contributed by atoms with Crippen LogP contribution in [0.5, 0.6) is 0 Å². The average molecular weight is 659 g/mol. The van der Waals surface area contributed by atoms with Gasteiger partial charge in [-0.2, -0.15) is 4.31 Å². The maximum atomic E-state index is 14.3. The molecule has 1 heterocycles. The summed E-state index contributed by atoms with van der Waals surface area (Å²) in [6, 6.07) is 37.0. The van der Waals surface area contributed by atoms with Crippen LogP contribution in [-0.2, 0) is 25.4 Å². The highest BCUT2D eigenvalue weighted by molar-refractivity contribution is 7.90. The Balaban J connectivity index is 1.56. The Morgan fingerprint density at radius 2 is 1.07 bits per heavy atom. The highest BCUT2D eigenvalue weighted by atomic mass is 32.2. The van der Waals surface area contributed by atoms with E-state index in [1.54, 1.807) is 4.31 Å². The molecule has 0 amide bonds. The molecular weight excluding hydrogens is 613 g/mol. The first-order valence-corrected chi connectivity index (χ1v) is 19.8. The molecule has 244 valence electrons. The Hall–Kier alpha value is -3.30. The van der Waals surface area contributed by atoms with Crippen molar-refractivity contribution in [3.63, 3.8) is 0 Å². The first-order chi connectivity index (χ1) is 22.2. The minimum Gasteiger partial charge on any atom is -0.283 e. The van der Waals surface area contributed by atoms with E-state index in [4.69, 9.17) is 0 Å². The van der Waals surface area contributed by atoms with E-state index < -0.39 is 25.4 Å². The van der Waals surface area contributed by atoms with Crippen molar-refractivity contribution < 1.29 is 16.8 Å². The Labute approximate surface area is 276 Å². The average Bonchev–Trinajstić information content (AvgIpc) is 3.08. The van der Waals surface area contributed by atoms with Gasteiger partial charge in [0, 0.05) is 31.9 Å². The van der Waals surface area contributed by atoms with Crippen LogP contribution in [0.4, 0.5) is 0 Å². The summed E-state index contributed by atoms with van der Waals surface area (Å²) in [6.45, 7) is 3.60. The second-order valence-corrected chi connectivity index (χ2v) is 16.2. The predicted molar refractivity (Wildman–Crippen MR) is 186 cm³/mol. The second kappa shape index (κ2) is 15.1. The third-order valence-electron chi connectivity index (χ3n) is 9.23. The second-order valence-electron chi connectivity index (χ2n) is 12.3. The fourth-order valence-corrected chi connectivity index (χ4v) is 9.20. The summed E-state index contributed by atoms with van der Waals surface area (Å²) in [5.41, 5.74) is 2.78. The van der Waals surface area contributed by atoms with Gasteiger partial charge in [0.25, 0.3) is 0 Å². The van der Waals surface area contributed by atoms with E-state index in [0.29, 0.717) is 19.6 Å². The minimum atomic E-state index is -3.88. The van der Waals surface area contributed by atoms with Crippen molar-refractivity contribution in [1.29, 1.82) is 0 Å². The van der Waals surface area contributed by atoms with E-state index in [2.05, 4.69) is 84.6 Å². The highest BCUT2D eigenvalue weighted by Gasteiger charge is 2.47. The number of nitrogens with zero attached hydrogens (tertiary/aromatic N) is 2. The fourth-order valence-electron chi connectivity index (χ4n) is 6.94. The quantitative estimate of drug-likeness (QED) is 0.104. The van der Waals surface area contributed by atoms with Gasteiger partial charge in [-0.1, -0.05) is 136 Å². The molecule has 0 N–H and O–H groups in total. The molecule has 0 saturated carbocycles. The number of unbranched alkanes of at least 4 members (excludes halogenated alkanes) is 5. The highest BCUT2D eigenvalue weighted by Crippen LogP contribution is 2.44. The van der Waals surface area contributed by atoms with Crippen molar-refractivity contribution in [3.05, 3.63) is 132 Å². The van der Waals surface area contributed by atoms with E-state index >= 15 is 0 Å². The zero-order valence-electron chi connectivity index (χ0n) is 27.0. The number of piperazine rings is 1. The van der Waals surface area contributed by atoms with Gasteiger partial charge in [0.1, 0.15) is 0 Å². The van der Waals surface area contributed by atoms with Crippen molar-refractivity contribution in [3.8, 4) is 0 Å². The molecule has 4 aromatic carbocycles. The zero-order chi connectivity index (χ0) is 32.6. The summed E-state index contributed by atoms with van der Waals surface area (Å²) in [5.74, 6) is 0. The Morgan fingerprint density at radius 3 is 1.54 bits per heavy atom. The molecule has 1 saturated heterocycles. The topological polar surface area (TPSA) is 74.8 Å². The van der Waals surface area contributed by atoms with Crippen LogP contribution in [0.2, 0.25) is 0 Å². The lowest BCUT2D eigenvalue weighted by Gasteiger charge is -2.51. The lowest BCUT2D eigenvalue weighted by Crippen LogP contribution is -2.61. The molecule has 6 nitrogen and oxygen atoms in total. The summed E-state index contributed by atoms with van der Waals surface area (Å²) in [7, 11) is -7.32. The molecule has 1 atom stereocenters. The van der Waals surface area contributed by atoms with Crippen molar-refractivity contribution in [2.24, 2.45) is 0 Å². The fraction of sp³-hybridized carbons (Fsp3) is 0.368. The van der Waals surface area contributed by atoms with Crippen LogP contribution in [0.15, 0.2) is 125 Å². The van der Waals surface area contributed by atoms with Crippen molar-refractivity contribution in [1.82, 2.24) is 9.21 Å². The molecule has 0 aliphatic carbocycles. The van der Waals surface area contributed by atoms with Crippen LogP contribution in [0.25, 0.3) is 0 Å². The number of rotatable bonds is 14. The van der Waals surface area contributed by atoms with Crippen LogP contribution in [0, 0.1) is 0 Å². The lowest BCUT2D eigenvalue weighted by atomic mass is 9.75. The third kappa shape index (κ3) is 7.31. The number of hydrogen-bond acceptors (Lipinski definition) is 5. The van der Waals surface area contributed by atoms with Gasteiger partial charge in [0.2, 0.25) is 10.0 Å². The van der Waals surface area contributed by atoms with E-state index in [1.165, 1.54) is 43.5 Å². The molecule has 0 radical (unpaired) electrons. The van der Waals surface area contributed by atoms with Crippen LogP contribution in [0.3, 0.4) is 0 Å². The van der Waals surface area contributed by atoms with Gasteiger partial charge in [-0.3, -0.25) is 4.90 Å². The largest absolute Gasteiger partial charge is 0.283 e. The molecule has 8 heteroatoms. The normalized spacial score (nSPS) is 16.8. The monoisotopic (exact) mass is 658 g/mol. The molecule has 0 spiro atoms. The smallest absolute Gasteiger partial charge is 0.243 e. The Morgan fingerprint density at radius 1 is 0.609 bits per heavy atom. The molecule has 1 aliphatic rings. The van der Waals surface area contributed by atoms with E-state index in [0.717, 1.165) is 48.6 Å². The van der Waals surface area contributed by atoms with Gasteiger partial charge >= 0.3 is 0 Å². The van der Waals surface area contributed by atoms with Gasteiger partial charge in [0.15, 0.2) is 9.84 Å². The summed E-state index contributed by atoms with van der Waals surface area (Å²) in [6.07, 6.45) is 8.62. The maximum absolute atomic E-state index is 14.3. The molecule has 0 aromatic heterocycles. The van der Waals surface area contributed by atoms with Gasteiger partial charge in [-0.05, 0) is 47.4 Å². The standard InChI is InChI=1S/C38H46N2O4S2/c1-3-4-5-6-7-17-24-35-31-39(29-30-40(35)46(43,44)37-27-25-36(26-28-37)45(2,41)42)38(32-18-11-8-12-19-32,33-20-13-9-14-21-33)34-22-15-10-16-23-34/h8-16,18-23,25-28,35H,3-7,17,24,29-31H2,1-2H3. The summed E-state index contributed by atoms with van der Waals surface area (Å²) < 4.78 is 54.3. The molecule has 46 heavy (non-hydrogen) atoms. The molecule has 4 aromatic rings. The van der Waals surface area contributed by atoms with Crippen molar-refractivity contribution in [2.45, 2.75) is 73.2 Å².